The Morgan fingerprint density at radius 3 is 2.83 bits per heavy atom. The molecule has 2 aromatic rings. The van der Waals surface area contributed by atoms with Crippen molar-refractivity contribution in [2.75, 3.05) is 0 Å². The second-order valence-corrected chi connectivity index (χ2v) is 5.05. The highest BCUT2D eigenvalue weighted by atomic mass is 35.5. The summed E-state index contributed by atoms with van der Waals surface area (Å²) in [7, 11) is 0. The minimum Gasteiger partial charge on any atom is -0.253 e. The molecule has 0 fully saturated rings. The van der Waals surface area contributed by atoms with Gasteiger partial charge in [0.25, 0.3) is 0 Å². The van der Waals surface area contributed by atoms with E-state index < -0.39 is 0 Å². The first kappa shape index (κ1) is 11.6. The van der Waals surface area contributed by atoms with E-state index in [0.717, 1.165) is 35.4 Å². The number of aromatic nitrogens is 3. The van der Waals surface area contributed by atoms with E-state index in [1.54, 1.807) is 6.20 Å². The Kier molecular flexibility index (Phi) is 3.00. The van der Waals surface area contributed by atoms with Crippen LogP contribution in [0.4, 0.5) is 0 Å². The van der Waals surface area contributed by atoms with Gasteiger partial charge < -0.3 is 0 Å². The first-order valence-corrected chi connectivity index (χ1v) is 6.60. The minimum absolute atomic E-state index is 0.595. The van der Waals surface area contributed by atoms with Gasteiger partial charge in [-0.05, 0) is 50.3 Å². The van der Waals surface area contributed by atoms with Crippen LogP contribution in [0.1, 0.15) is 29.7 Å². The predicted octanol–water partition coefficient (Wildman–Crippen LogP) is 3.38. The molecule has 18 heavy (non-hydrogen) atoms. The maximum Gasteiger partial charge on any atom is 0.179 e. The molecule has 3 rings (SSSR count). The lowest BCUT2D eigenvalue weighted by Crippen LogP contribution is -2.09. The Hall–Kier alpha value is -1.48. The molecule has 2 heterocycles. The summed E-state index contributed by atoms with van der Waals surface area (Å²) in [5.41, 5.74) is 4.17. The zero-order valence-electron chi connectivity index (χ0n) is 10.3. The van der Waals surface area contributed by atoms with Crippen LogP contribution in [-0.4, -0.2) is 15.0 Å². The molecule has 0 atom stereocenters. The standard InChI is InChI=1S/C14H14ClN3/c1-9-6-7-16-12(8-9)14-17-11-5-3-2-4-10(11)13(15)18-14/h6-8H,2-5H2,1H3. The first-order chi connectivity index (χ1) is 8.74. The van der Waals surface area contributed by atoms with Gasteiger partial charge in [0.15, 0.2) is 5.82 Å². The predicted molar refractivity (Wildman–Crippen MR) is 71.7 cm³/mol. The lowest BCUT2D eigenvalue weighted by Gasteiger charge is -2.16. The number of nitrogens with zero attached hydrogens (tertiary/aromatic N) is 3. The van der Waals surface area contributed by atoms with Crippen LogP contribution in [-0.2, 0) is 12.8 Å². The molecule has 1 aliphatic rings. The monoisotopic (exact) mass is 259 g/mol. The molecule has 0 aromatic carbocycles. The van der Waals surface area contributed by atoms with E-state index >= 15 is 0 Å². The molecule has 1 aliphatic carbocycles. The third kappa shape index (κ3) is 2.10. The highest BCUT2D eigenvalue weighted by Crippen LogP contribution is 2.27. The Morgan fingerprint density at radius 1 is 1.17 bits per heavy atom. The van der Waals surface area contributed by atoms with Gasteiger partial charge in [-0.25, -0.2) is 9.97 Å². The molecule has 2 aromatic heterocycles. The zero-order valence-corrected chi connectivity index (χ0v) is 11.0. The molecule has 0 bridgehead atoms. The van der Waals surface area contributed by atoms with E-state index in [9.17, 15) is 0 Å². The summed E-state index contributed by atoms with van der Waals surface area (Å²) in [6.07, 6.45) is 6.13. The summed E-state index contributed by atoms with van der Waals surface area (Å²) in [6, 6.07) is 3.95. The number of halogens is 1. The van der Waals surface area contributed by atoms with Gasteiger partial charge in [-0.2, -0.15) is 0 Å². The summed E-state index contributed by atoms with van der Waals surface area (Å²) < 4.78 is 0. The van der Waals surface area contributed by atoms with E-state index in [4.69, 9.17) is 11.6 Å². The first-order valence-electron chi connectivity index (χ1n) is 6.22. The van der Waals surface area contributed by atoms with Crippen LogP contribution in [0.5, 0.6) is 0 Å². The molecule has 92 valence electrons. The summed E-state index contributed by atoms with van der Waals surface area (Å²) in [5.74, 6) is 0.643. The second kappa shape index (κ2) is 4.65. The average Bonchev–Trinajstić information content (AvgIpc) is 2.39. The highest BCUT2D eigenvalue weighted by molar-refractivity contribution is 6.30. The fourth-order valence-electron chi connectivity index (χ4n) is 2.32. The average molecular weight is 260 g/mol. The van der Waals surface area contributed by atoms with Gasteiger partial charge in [0.05, 0.1) is 0 Å². The molecule has 0 radical (unpaired) electrons. The van der Waals surface area contributed by atoms with E-state index in [1.165, 1.54) is 12.8 Å². The van der Waals surface area contributed by atoms with Crippen molar-refractivity contribution >= 4 is 11.6 Å². The fourth-order valence-corrected chi connectivity index (χ4v) is 2.60. The largest absolute Gasteiger partial charge is 0.253 e. The Labute approximate surface area is 111 Å². The van der Waals surface area contributed by atoms with E-state index in [1.807, 2.05) is 19.1 Å². The molecule has 3 nitrogen and oxygen atoms in total. The van der Waals surface area contributed by atoms with Crippen LogP contribution in [0.15, 0.2) is 18.3 Å². The van der Waals surface area contributed by atoms with Crippen molar-refractivity contribution in [1.82, 2.24) is 15.0 Å². The van der Waals surface area contributed by atoms with Gasteiger partial charge >= 0.3 is 0 Å². The molecule has 0 N–H and O–H groups in total. The van der Waals surface area contributed by atoms with E-state index in [0.29, 0.717) is 11.0 Å². The quantitative estimate of drug-likeness (QED) is 0.737. The SMILES string of the molecule is Cc1ccnc(-c2nc(Cl)c3c(n2)CCCC3)c1. The van der Waals surface area contributed by atoms with Gasteiger partial charge in [0, 0.05) is 17.5 Å². The van der Waals surface area contributed by atoms with E-state index in [2.05, 4.69) is 15.0 Å². The maximum atomic E-state index is 6.26. The second-order valence-electron chi connectivity index (χ2n) is 4.69. The highest BCUT2D eigenvalue weighted by Gasteiger charge is 2.17. The van der Waals surface area contributed by atoms with Crippen molar-refractivity contribution in [2.24, 2.45) is 0 Å². The number of hydrogen-bond acceptors (Lipinski definition) is 3. The third-order valence-corrected chi connectivity index (χ3v) is 3.59. The van der Waals surface area contributed by atoms with Gasteiger partial charge in [0.1, 0.15) is 10.8 Å². The van der Waals surface area contributed by atoms with Crippen LogP contribution >= 0.6 is 11.6 Å². The molecular weight excluding hydrogens is 246 g/mol. The Morgan fingerprint density at radius 2 is 2.00 bits per heavy atom. The van der Waals surface area contributed by atoms with Gasteiger partial charge in [-0.15, -0.1) is 0 Å². The van der Waals surface area contributed by atoms with Crippen LogP contribution in [0.2, 0.25) is 5.15 Å². The lowest BCUT2D eigenvalue weighted by molar-refractivity contribution is 0.663. The van der Waals surface area contributed by atoms with Crippen LogP contribution in [0.3, 0.4) is 0 Å². The van der Waals surface area contributed by atoms with Crippen molar-refractivity contribution in [3.8, 4) is 11.5 Å². The molecule has 0 amide bonds. The van der Waals surface area contributed by atoms with Gasteiger partial charge in [-0.1, -0.05) is 11.6 Å². The summed E-state index contributed by atoms with van der Waals surface area (Å²) in [6.45, 7) is 2.03. The number of rotatable bonds is 1. The van der Waals surface area contributed by atoms with Crippen molar-refractivity contribution in [3.63, 3.8) is 0 Å². The molecule has 0 spiro atoms. The van der Waals surface area contributed by atoms with Crippen molar-refractivity contribution < 1.29 is 0 Å². The number of aryl methyl sites for hydroxylation is 2. The summed E-state index contributed by atoms with van der Waals surface area (Å²) in [5, 5.41) is 0.595. The lowest BCUT2D eigenvalue weighted by atomic mass is 9.97. The Balaban J connectivity index is 2.11. The topological polar surface area (TPSA) is 38.7 Å². The van der Waals surface area contributed by atoms with Crippen LogP contribution in [0.25, 0.3) is 11.5 Å². The molecule has 0 saturated carbocycles. The van der Waals surface area contributed by atoms with Crippen LogP contribution in [0, 0.1) is 6.92 Å². The third-order valence-electron chi connectivity index (χ3n) is 3.28. The smallest absolute Gasteiger partial charge is 0.179 e. The van der Waals surface area contributed by atoms with Crippen molar-refractivity contribution in [1.29, 1.82) is 0 Å². The summed E-state index contributed by atoms with van der Waals surface area (Å²) >= 11 is 6.26. The van der Waals surface area contributed by atoms with Gasteiger partial charge in [0.2, 0.25) is 0 Å². The van der Waals surface area contributed by atoms with Gasteiger partial charge in [-0.3, -0.25) is 4.98 Å². The number of fused-ring (bicyclic) bond motifs is 1. The Bertz CT molecular complexity index is 596. The molecular formula is C14H14ClN3. The van der Waals surface area contributed by atoms with Crippen LogP contribution < -0.4 is 0 Å². The van der Waals surface area contributed by atoms with E-state index in [-0.39, 0.29) is 0 Å². The normalized spacial score (nSPS) is 14.3. The van der Waals surface area contributed by atoms with Crippen molar-refractivity contribution in [3.05, 3.63) is 40.3 Å². The number of hydrogen-bond donors (Lipinski definition) is 0. The molecule has 0 unspecified atom stereocenters. The van der Waals surface area contributed by atoms with Crippen molar-refractivity contribution in [2.45, 2.75) is 32.6 Å². The fraction of sp³-hybridized carbons (Fsp3) is 0.357. The summed E-state index contributed by atoms with van der Waals surface area (Å²) in [4.78, 5) is 13.3. The minimum atomic E-state index is 0.595. The maximum absolute atomic E-state index is 6.26. The zero-order chi connectivity index (χ0) is 12.5. The number of pyridine rings is 1. The molecule has 0 saturated heterocycles. The molecule has 0 aliphatic heterocycles. The molecule has 4 heteroatoms.